The Morgan fingerprint density at radius 2 is 1.31 bits per heavy atom. The lowest BCUT2D eigenvalue weighted by Gasteiger charge is -2.30. The molecule has 4 N–H and O–H groups in total. The van der Waals surface area contributed by atoms with Gasteiger partial charge in [-0.2, -0.15) is 8.75 Å². The maximum Gasteiger partial charge on any atom is 0.407 e. The van der Waals surface area contributed by atoms with Crippen LogP contribution in [-0.2, 0) is 19.1 Å². The van der Waals surface area contributed by atoms with Crippen LogP contribution in [0.2, 0.25) is 0 Å². The summed E-state index contributed by atoms with van der Waals surface area (Å²) in [4.78, 5) is 71.1. The van der Waals surface area contributed by atoms with Crippen molar-refractivity contribution >= 4 is 46.8 Å². The van der Waals surface area contributed by atoms with Crippen molar-refractivity contribution in [3.63, 3.8) is 0 Å². The van der Waals surface area contributed by atoms with E-state index < -0.39 is 24.3 Å². The highest BCUT2D eigenvalue weighted by molar-refractivity contribution is 7.00. The lowest BCUT2D eigenvalue weighted by atomic mass is 10.0. The zero-order valence-electron chi connectivity index (χ0n) is 32.3. The lowest BCUT2D eigenvalue weighted by molar-refractivity contribution is -0.136. The Morgan fingerprint density at radius 1 is 0.782 bits per heavy atom. The first-order valence-electron chi connectivity index (χ1n) is 18.5. The van der Waals surface area contributed by atoms with Gasteiger partial charge in [0.05, 0.1) is 61.7 Å². The van der Waals surface area contributed by atoms with E-state index in [0.717, 1.165) is 35.8 Å². The Hall–Kier alpha value is -5.50. The third-order valence-corrected chi connectivity index (χ3v) is 10.8. The fourth-order valence-corrected chi connectivity index (χ4v) is 7.96. The predicted octanol–water partition coefficient (Wildman–Crippen LogP) is 4.78. The van der Waals surface area contributed by atoms with Crippen LogP contribution in [0.15, 0.2) is 24.5 Å². The number of aromatic amines is 2. The van der Waals surface area contributed by atoms with Crippen LogP contribution in [0.4, 0.5) is 9.59 Å². The number of methoxy groups -OCH3 is 2. The summed E-state index contributed by atoms with van der Waals surface area (Å²) in [6.45, 7) is 12.8. The van der Waals surface area contributed by atoms with E-state index in [9.17, 15) is 19.2 Å². The highest BCUT2D eigenvalue weighted by Crippen LogP contribution is 2.37. The molecule has 5 heterocycles. The van der Waals surface area contributed by atoms with Crippen molar-refractivity contribution in [1.82, 2.24) is 49.1 Å². The van der Waals surface area contributed by atoms with Gasteiger partial charge in [-0.15, -0.1) is 0 Å². The third-order valence-electron chi connectivity index (χ3n) is 10.2. The molecule has 2 fully saturated rings. The topological polar surface area (TPSA) is 200 Å². The van der Waals surface area contributed by atoms with E-state index in [2.05, 4.69) is 60.0 Å². The van der Waals surface area contributed by atoms with Gasteiger partial charge < -0.3 is 39.9 Å². The summed E-state index contributed by atoms with van der Waals surface area (Å²) in [5.74, 6) is 7.51. The first kappa shape index (κ1) is 39.2. The summed E-state index contributed by atoms with van der Waals surface area (Å²) in [5, 5.41) is 5.38. The Balaban J connectivity index is 1.21. The average molecular weight is 773 g/mol. The molecule has 55 heavy (non-hydrogen) atoms. The van der Waals surface area contributed by atoms with Crippen molar-refractivity contribution in [1.29, 1.82) is 0 Å². The number of amides is 4. The molecular formula is C38H48N10O6S. The van der Waals surface area contributed by atoms with Crippen LogP contribution >= 0.6 is 11.7 Å². The van der Waals surface area contributed by atoms with E-state index >= 15 is 0 Å². The van der Waals surface area contributed by atoms with Gasteiger partial charge >= 0.3 is 12.2 Å². The van der Waals surface area contributed by atoms with Crippen LogP contribution in [0.1, 0.15) is 89.4 Å². The maximum absolute atomic E-state index is 13.7. The number of alkyl carbamates (subject to hydrolysis) is 2. The molecule has 16 nitrogen and oxygen atoms in total. The number of hydrogen-bond acceptors (Lipinski definition) is 11. The zero-order valence-corrected chi connectivity index (χ0v) is 33.1. The van der Waals surface area contributed by atoms with Gasteiger partial charge in [-0.05, 0) is 54.6 Å². The van der Waals surface area contributed by atoms with E-state index in [1.165, 1.54) is 14.2 Å². The number of nitrogens with zero attached hydrogens (tertiary/aromatic N) is 6. The number of carbonyl (C=O) groups is 4. The van der Waals surface area contributed by atoms with Crippen LogP contribution in [0.25, 0.3) is 22.3 Å². The van der Waals surface area contributed by atoms with Gasteiger partial charge in [0.2, 0.25) is 11.8 Å². The van der Waals surface area contributed by atoms with Crippen molar-refractivity contribution < 1.29 is 28.7 Å². The van der Waals surface area contributed by atoms with E-state index in [0.29, 0.717) is 47.0 Å². The van der Waals surface area contributed by atoms with E-state index in [1.807, 2.05) is 39.8 Å². The summed E-state index contributed by atoms with van der Waals surface area (Å²) < 4.78 is 18.7. The summed E-state index contributed by atoms with van der Waals surface area (Å²) in [6.07, 6.45) is 3.54. The summed E-state index contributed by atoms with van der Waals surface area (Å²) in [7, 11) is 2.55. The molecule has 0 aliphatic carbocycles. The number of fused-ring (bicyclic) bond motifs is 1. The molecule has 4 aromatic rings. The molecule has 6 rings (SSSR count). The molecule has 0 unspecified atom stereocenters. The molecule has 6 atom stereocenters. The van der Waals surface area contributed by atoms with Crippen molar-refractivity contribution in [2.75, 3.05) is 27.3 Å². The average Bonchev–Trinajstić information content (AvgIpc) is 4.01. The van der Waals surface area contributed by atoms with Crippen LogP contribution in [0.3, 0.4) is 0 Å². The summed E-state index contributed by atoms with van der Waals surface area (Å²) in [5.41, 5.74) is 4.11. The fourth-order valence-electron chi connectivity index (χ4n) is 7.39. The number of nitrogens with one attached hydrogen (secondary N) is 4. The van der Waals surface area contributed by atoms with E-state index in [-0.39, 0.29) is 47.6 Å². The third kappa shape index (κ3) is 8.29. The molecule has 0 spiro atoms. The molecule has 17 heteroatoms. The van der Waals surface area contributed by atoms with E-state index in [1.54, 1.807) is 22.2 Å². The Morgan fingerprint density at radius 3 is 1.85 bits per heavy atom. The van der Waals surface area contributed by atoms with Gasteiger partial charge in [-0.25, -0.2) is 19.6 Å². The number of ether oxygens (including phenoxy) is 2. The summed E-state index contributed by atoms with van der Waals surface area (Å²) >= 11 is 1.09. The molecule has 0 saturated carbocycles. The normalized spacial score (nSPS) is 20.7. The molecule has 0 bridgehead atoms. The van der Waals surface area contributed by atoms with Gasteiger partial charge in [0.25, 0.3) is 0 Å². The van der Waals surface area contributed by atoms with Crippen molar-refractivity contribution in [3.8, 4) is 23.1 Å². The van der Waals surface area contributed by atoms with Crippen LogP contribution in [0.5, 0.6) is 0 Å². The quantitative estimate of drug-likeness (QED) is 0.172. The van der Waals surface area contributed by atoms with Gasteiger partial charge in [0.1, 0.15) is 40.5 Å². The fraction of sp³-hybridized carbons (Fsp3) is 0.526. The van der Waals surface area contributed by atoms with Crippen LogP contribution in [-0.4, -0.2) is 102 Å². The highest BCUT2D eigenvalue weighted by atomic mass is 32.1. The minimum atomic E-state index is -0.734. The second-order valence-corrected chi connectivity index (χ2v) is 15.7. The number of H-pyrrole nitrogens is 2. The molecule has 2 saturated heterocycles. The Bertz CT molecular complexity index is 2110. The molecular weight excluding hydrogens is 725 g/mol. The zero-order chi connectivity index (χ0) is 39.6. The molecule has 1 aromatic carbocycles. The van der Waals surface area contributed by atoms with Crippen molar-refractivity contribution in [2.45, 2.75) is 78.6 Å². The molecule has 2 aliphatic rings. The monoisotopic (exact) mass is 772 g/mol. The van der Waals surface area contributed by atoms with Crippen LogP contribution < -0.4 is 10.6 Å². The maximum atomic E-state index is 13.7. The van der Waals surface area contributed by atoms with Gasteiger partial charge in [0.15, 0.2) is 0 Å². The standard InChI is InChI=1S/C38H48N10O6S/c1-19(2)29(43-37(51)53-7)35(49)47-17-21(5)13-27(47)33-39-15-24(41-33)11-9-23-10-12-25(32-31(23)45-55-46-32)26-16-40-34(42-26)28-14-22(6)18-48(28)36(50)30(20(3)4)44-38(52)54-8/h10,12,15-16,19-22,27-30H,13-14,17-18H2,1-8H3,(H,39,41)(H,40,42)(H,43,51)(H,44,52)/t21-,22-,27-,28-,29-,30-/m0/s1. The largest absolute Gasteiger partial charge is 0.453 e. The molecule has 2 aliphatic heterocycles. The van der Waals surface area contributed by atoms with Gasteiger partial charge in [0, 0.05) is 18.7 Å². The summed E-state index contributed by atoms with van der Waals surface area (Å²) in [6, 6.07) is 1.76. The number of hydrogen-bond donors (Lipinski definition) is 4. The molecule has 3 aromatic heterocycles. The van der Waals surface area contributed by atoms with Gasteiger partial charge in [-0.1, -0.05) is 47.5 Å². The number of rotatable bonds is 9. The number of aromatic nitrogens is 6. The lowest BCUT2D eigenvalue weighted by Crippen LogP contribution is -2.51. The number of imidazole rings is 2. The smallest absolute Gasteiger partial charge is 0.407 e. The highest BCUT2D eigenvalue weighted by Gasteiger charge is 2.41. The van der Waals surface area contributed by atoms with Gasteiger partial charge in [-0.3, -0.25) is 9.59 Å². The predicted molar refractivity (Wildman–Crippen MR) is 204 cm³/mol. The van der Waals surface area contributed by atoms with Crippen LogP contribution in [0, 0.1) is 35.5 Å². The molecule has 292 valence electrons. The van der Waals surface area contributed by atoms with E-state index in [4.69, 9.17) is 14.5 Å². The second-order valence-electron chi connectivity index (χ2n) is 15.1. The molecule has 0 radical (unpaired) electrons. The first-order valence-corrected chi connectivity index (χ1v) is 19.2. The number of carbonyl (C=O) groups excluding carboxylic acids is 4. The Kier molecular flexibility index (Phi) is 11.7. The van der Waals surface area contributed by atoms with Crippen molar-refractivity contribution in [2.24, 2.45) is 23.7 Å². The minimum Gasteiger partial charge on any atom is -0.453 e. The molecule has 4 amide bonds. The number of benzene rings is 1. The SMILES string of the molecule is COC(=O)N[C@H](C(=O)N1C[C@@H](C)C[C@H]1c1ncc(C#Cc2ccc(-c3cnc([C@@H]4C[C@H](C)CN4C(=O)[C@@H](NC(=O)OC)C(C)C)[nH]3)c3nsnc23)[nH]1)C(C)C. The van der Waals surface area contributed by atoms with Crippen molar-refractivity contribution in [3.05, 3.63) is 47.4 Å². The second kappa shape index (κ2) is 16.5. The number of likely N-dealkylation sites (tertiary alicyclic amines) is 2. The first-order chi connectivity index (χ1) is 26.3. The Labute approximate surface area is 323 Å². The minimum absolute atomic E-state index is 0.141.